The molecule has 2 aromatic carbocycles. The number of anilines is 1. The normalized spacial score (nSPS) is 11.6. The Balaban J connectivity index is 1.84. The van der Waals surface area contributed by atoms with Crippen LogP contribution in [0.2, 0.25) is 5.02 Å². The minimum Gasteiger partial charge on any atom is -0.383 e. The number of nitrogens with zero attached hydrogens (tertiary/aromatic N) is 1. The first-order chi connectivity index (χ1) is 14.2. The standard InChI is InChI=1S/C21H18ClF3N2O3/c1-30-10-9-27-8-7-14-15(20(27)29)3-2-4-18(14)26-19(28)12-13-5-6-17(22)16(11-13)21(23,24)25/h2-8,11H,9-10,12H2,1H3,(H,26,28). The van der Waals surface area contributed by atoms with Gasteiger partial charge in [0.25, 0.3) is 5.56 Å². The number of benzene rings is 2. The Morgan fingerprint density at radius 3 is 2.63 bits per heavy atom. The Labute approximate surface area is 175 Å². The zero-order valence-corrected chi connectivity index (χ0v) is 16.7. The molecule has 3 aromatic rings. The number of aromatic nitrogens is 1. The summed E-state index contributed by atoms with van der Waals surface area (Å²) >= 11 is 5.61. The number of fused-ring (bicyclic) bond motifs is 1. The lowest BCUT2D eigenvalue weighted by atomic mass is 10.1. The van der Waals surface area contributed by atoms with Crippen molar-refractivity contribution in [1.29, 1.82) is 0 Å². The van der Waals surface area contributed by atoms with Crippen molar-refractivity contribution in [2.75, 3.05) is 19.0 Å². The maximum absolute atomic E-state index is 13.0. The van der Waals surface area contributed by atoms with Gasteiger partial charge in [0.2, 0.25) is 5.91 Å². The largest absolute Gasteiger partial charge is 0.417 e. The van der Waals surface area contributed by atoms with E-state index < -0.39 is 22.7 Å². The average Bonchev–Trinajstić information content (AvgIpc) is 2.68. The van der Waals surface area contributed by atoms with Crippen molar-refractivity contribution < 1.29 is 22.7 Å². The van der Waals surface area contributed by atoms with Crippen LogP contribution in [0.1, 0.15) is 11.1 Å². The number of halogens is 4. The predicted molar refractivity (Wildman–Crippen MR) is 109 cm³/mol. The fourth-order valence-electron chi connectivity index (χ4n) is 3.07. The van der Waals surface area contributed by atoms with Crippen LogP contribution in [-0.2, 0) is 28.7 Å². The van der Waals surface area contributed by atoms with Gasteiger partial charge in [-0.25, -0.2) is 0 Å². The van der Waals surface area contributed by atoms with Gasteiger partial charge in [0.15, 0.2) is 0 Å². The van der Waals surface area contributed by atoms with Crippen LogP contribution in [-0.4, -0.2) is 24.2 Å². The number of carbonyl (C=O) groups excluding carboxylic acids is 1. The monoisotopic (exact) mass is 438 g/mol. The number of methoxy groups -OCH3 is 1. The highest BCUT2D eigenvalue weighted by atomic mass is 35.5. The fraction of sp³-hybridized carbons (Fsp3) is 0.238. The lowest BCUT2D eigenvalue weighted by Crippen LogP contribution is -2.22. The average molecular weight is 439 g/mol. The van der Waals surface area contributed by atoms with E-state index in [1.165, 1.54) is 17.7 Å². The van der Waals surface area contributed by atoms with E-state index in [-0.39, 0.29) is 17.5 Å². The van der Waals surface area contributed by atoms with E-state index >= 15 is 0 Å². The number of alkyl halides is 3. The van der Waals surface area contributed by atoms with Crippen LogP contribution >= 0.6 is 11.6 Å². The molecule has 0 radical (unpaired) electrons. The van der Waals surface area contributed by atoms with Gasteiger partial charge in [-0.2, -0.15) is 13.2 Å². The summed E-state index contributed by atoms with van der Waals surface area (Å²) in [5.41, 5.74) is -0.644. The SMILES string of the molecule is COCCn1ccc2c(NC(=O)Cc3ccc(Cl)c(C(F)(F)F)c3)cccc2c1=O. The molecule has 0 spiro atoms. The van der Waals surface area contributed by atoms with E-state index in [9.17, 15) is 22.8 Å². The summed E-state index contributed by atoms with van der Waals surface area (Å²) in [5.74, 6) is -0.512. The van der Waals surface area contributed by atoms with Crippen molar-refractivity contribution in [2.24, 2.45) is 0 Å². The summed E-state index contributed by atoms with van der Waals surface area (Å²) in [7, 11) is 1.54. The zero-order chi connectivity index (χ0) is 21.9. The second-order valence-electron chi connectivity index (χ2n) is 6.61. The van der Waals surface area contributed by atoms with Gasteiger partial charge >= 0.3 is 6.18 Å². The van der Waals surface area contributed by atoms with Crippen LogP contribution in [0, 0.1) is 0 Å². The number of amides is 1. The van der Waals surface area contributed by atoms with Crippen LogP contribution < -0.4 is 10.9 Å². The van der Waals surface area contributed by atoms with Gasteiger partial charge < -0.3 is 14.6 Å². The summed E-state index contributed by atoms with van der Waals surface area (Å²) in [5, 5.41) is 3.20. The first kappa shape index (κ1) is 21.9. The molecule has 158 valence electrons. The molecule has 0 unspecified atom stereocenters. The topological polar surface area (TPSA) is 60.3 Å². The van der Waals surface area contributed by atoms with Crippen LogP contribution in [0.15, 0.2) is 53.5 Å². The molecule has 0 atom stereocenters. The lowest BCUT2D eigenvalue weighted by Gasteiger charge is -2.12. The van der Waals surface area contributed by atoms with Gasteiger partial charge in [-0.15, -0.1) is 0 Å². The van der Waals surface area contributed by atoms with E-state index in [4.69, 9.17) is 16.3 Å². The highest BCUT2D eigenvalue weighted by molar-refractivity contribution is 6.31. The quantitative estimate of drug-likeness (QED) is 0.616. The fourth-order valence-corrected chi connectivity index (χ4v) is 3.30. The number of ether oxygens (including phenoxy) is 1. The number of nitrogens with one attached hydrogen (secondary N) is 1. The molecule has 0 fully saturated rings. The third-order valence-corrected chi connectivity index (χ3v) is 4.86. The first-order valence-corrected chi connectivity index (χ1v) is 9.35. The Morgan fingerprint density at radius 2 is 1.93 bits per heavy atom. The van der Waals surface area contributed by atoms with Gasteiger partial charge in [0, 0.05) is 36.3 Å². The van der Waals surface area contributed by atoms with Crippen molar-refractivity contribution in [2.45, 2.75) is 19.1 Å². The molecule has 0 aliphatic carbocycles. The third kappa shape index (κ3) is 4.83. The van der Waals surface area contributed by atoms with Gasteiger partial charge in [0.1, 0.15) is 0 Å². The van der Waals surface area contributed by atoms with Crippen molar-refractivity contribution in [3.8, 4) is 0 Å². The second-order valence-corrected chi connectivity index (χ2v) is 7.02. The minimum absolute atomic E-state index is 0.173. The number of carbonyl (C=O) groups is 1. The van der Waals surface area contributed by atoms with Crippen molar-refractivity contribution in [3.05, 3.63) is 75.2 Å². The second kappa shape index (κ2) is 8.89. The molecular weight excluding hydrogens is 421 g/mol. The van der Waals surface area contributed by atoms with Crippen molar-refractivity contribution in [3.63, 3.8) is 0 Å². The van der Waals surface area contributed by atoms with Crippen LogP contribution in [0.5, 0.6) is 0 Å². The molecule has 0 aliphatic rings. The number of hydrogen-bond donors (Lipinski definition) is 1. The van der Waals surface area contributed by atoms with Crippen molar-refractivity contribution in [1.82, 2.24) is 4.57 Å². The summed E-state index contributed by atoms with van der Waals surface area (Å²) in [4.78, 5) is 25.0. The van der Waals surface area contributed by atoms with E-state index in [1.807, 2.05) is 0 Å². The molecule has 9 heteroatoms. The molecule has 1 heterocycles. The van der Waals surface area contributed by atoms with Crippen LogP contribution in [0.3, 0.4) is 0 Å². The maximum atomic E-state index is 13.0. The number of hydrogen-bond acceptors (Lipinski definition) is 3. The van der Waals surface area contributed by atoms with Crippen molar-refractivity contribution >= 4 is 34.0 Å². The smallest absolute Gasteiger partial charge is 0.383 e. The number of rotatable bonds is 6. The molecule has 0 aliphatic heterocycles. The third-order valence-electron chi connectivity index (χ3n) is 4.53. The van der Waals surface area contributed by atoms with E-state index in [0.717, 1.165) is 12.1 Å². The van der Waals surface area contributed by atoms with E-state index in [1.54, 1.807) is 30.5 Å². The Hall–Kier alpha value is -2.84. The first-order valence-electron chi connectivity index (χ1n) is 8.97. The predicted octanol–water partition coefficient (Wildman–Crippen LogP) is 4.50. The number of pyridine rings is 1. The molecular formula is C21H18ClF3N2O3. The molecule has 0 saturated carbocycles. The molecule has 1 amide bonds. The summed E-state index contributed by atoms with van der Waals surface area (Å²) < 4.78 is 45.5. The van der Waals surface area contributed by atoms with Gasteiger partial charge in [0.05, 0.1) is 23.6 Å². The maximum Gasteiger partial charge on any atom is 0.417 e. The Bertz CT molecular complexity index is 1140. The molecule has 1 N–H and O–H groups in total. The van der Waals surface area contributed by atoms with E-state index in [0.29, 0.717) is 29.6 Å². The molecule has 5 nitrogen and oxygen atoms in total. The Morgan fingerprint density at radius 1 is 1.17 bits per heavy atom. The van der Waals surface area contributed by atoms with Crippen LogP contribution in [0.25, 0.3) is 10.8 Å². The Kier molecular flexibility index (Phi) is 6.48. The molecule has 0 bridgehead atoms. The van der Waals surface area contributed by atoms with Gasteiger partial charge in [-0.05, 0) is 35.9 Å². The van der Waals surface area contributed by atoms with E-state index in [2.05, 4.69) is 5.32 Å². The van der Waals surface area contributed by atoms with Gasteiger partial charge in [-0.1, -0.05) is 23.7 Å². The molecule has 1 aromatic heterocycles. The summed E-state index contributed by atoms with van der Waals surface area (Å²) in [6.07, 6.45) is -3.28. The van der Waals surface area contributed by atoms with Gasteiger partial charge in [-0.3, -0.25) is 9.59 Å². The molecule has 30 heavy (non-hydrogen) atoms. The molecule has 0 saturated heterocycles. The highest BCUT2D eigenvalue weighted by Crippen LogP contribution is 2.35. The summed E-state index contributed by atoms with van der Waals surface area (Å²) in [6, 6.07) is 9.95. The molecule has 3 rings (SSSR count). The van der Waals surface area contributed by atoms with Crippen LogP contribution in [0.4, 0.5) is 18.9 Å². The summed E-state index contributed by atoms with van der Waals surface area (Å²) in [6.45, 7) is 0.767. The minimum atomic E-state index is -4.61. The lowest BCUT2D eigenvalue weighted by molar-refractivity contribution is -0.137. The highest BCUT2D eigenvalue weighted by Gasteiger charge is 2.33. The zero-order valence-electron chi connectivity index (χ0n) is 15.9.